The number of para-hydroxylation sites is 2. The van der Waals surface area contributed by atoms with Crippen molar-refractivity contribution in [2.24, 2.45) is 0 Å². The Balaban J connectivity index is 2.14. The lowest BCUT2D eigenvalue weighted by atomic mass is 10.1. The van der Waals surface area contributed by atoms with E-state index < -0.39 is 34.9 Å². The topological polar surface area (TPSA) is 128 Å². The van der Waals surface area contributed by atoms with Gasteiger partial charge in [0.1, 0.15) is 6.04 Å². The minimum atomic E-state index is -1.09. The zero-order chi connectivity index (χ0) is 20.8. The van der Waals surface area contributed by atoms with Crippen LogP contribution in [0.2, 0.25) is 0 Å². The van der Waals surface area contributed by atoms with Crippen LogP contribution in [0.5, 0.6) is 5.75 Å². The van der Waals surface area contributed by atoms with E-state index in [0.29, 0.717) is 0 Å². The van der Waals surface area contributed by atoms with Gasteiger partial charge in [-0.05, 0) is 26.8 Å². The van der Waals surface area contributed by atoms with Crippen LogP contribution in [-0.4, -0.2) is 58.9 Å². The number of hydrogen-bond donors (Lipinski definition) is 1. The number of ether oxygens (including phenoxy) is 2. The molecule has 2 rings (SSSR count). The van der Waals surface area contributed by atoms with Crippen molar-refractivity contribution < 1.29 is 28.8 Å². The summed E-state index contributed by atoms with van der Waals surface area (Å²) in [6.45, 7) is 5.23. The second-order valence-electron chi connectivity index (χ2n) is 6.57. The van der Waals surface area contributed by atoms with E-state index >= 15 is 0 Å². The number of rotatable bonds is 7. The maximum absolute atomic E-state index is 12.8. The van der Waals surface area contributed by atoms with Crippen molar-refractivity contribution in [2.45, 2.75) is 45.4 Å². The fraction of sp³-hybridized carbons (Fsp3) is 0.500. The molecule has 10 nitrogen and oxygen atoms in total. The third kappa shape index (κ3) is 5.18. The molecule has 1 fully saturated rings. The third-order valence-corrected chi connectivity index (χ3v) is 4.05. The summed E-state index contributed by atoms with van der Waals surface area (Å²) < 4.78 is 10.6. The number of nitro benzene ring substituents is 1. The zero-order valence-corrected chi connectivity index (χ0v) is 15.9. The predicted molar refractivity (Wildman–Crippen MR) is 97.5 cm³/mol. The van der Waals surface area contributed by atoms with Gasteiger partial charge in [-0.2, -0.15) is 0 Å². The molecule has 2 amide bonds. The minimum absolute atomic E-state index is 0.0504. The Morgan fingerprint density at radius 2 is 2.00 bits per heavy atom. The van der Waals surface area contributed by atoms with Gasteiger partial charge in [0.2, 0.25) is 5.91 Å². The Morgan fingerprint density at radius 1 is 1.32 bits per heavy atom. The van der Waals surface area contributed by atoms with E-state index in [1.807, 2.05) is 0 Å². The van der Waals surface area contributed by atoms with Crippen molar-refractivity contribution >= 4 is 23.5 Å². The molecule has 0 saturated carbocycles. The van der Waals surface area contributed by atoms with E-state index in [-0.39, 0.29) is 37.1 Å². The van der Waals surface area contributed by atoms with Crippen LogP contribution >= 0.6 is 0 Å². The summed E-state index contributed by atoms with van der Waals surface area (Å²) >= 11 is 0. The summed E-state index contributed by atoms with van der Waals surface area (Å²) in [6.07, 6.45) is -1.71. The van der Waals surface area contributed by atoms with Crippen LogP contribution in [0, 0.1) is 10.1 Å². The lowest BCUT2D eigenvalue weighted by Gasteiger charge is -2.36. The molecule has 1 saturated heterocycles. The fourth-order valence-corrected chi connectivity index (χ4v) is 2.83. The maximum atomic E-state index is 12.8. The summed E-state index contributed by atoms with van der Waals surface area (Å²) in [5, 5.41) is 13.7. The molecule has 0 aliphatic carbocycles. The Labute approximate surface area is 161 Å². The van der Waals surface area contributed by atoms with Crippen LogP contribution in [0.4, 0.5) is 5.69 Å². The normalized spacial score (nSPS) is 17.6. The van der Waals surface area contributed by atoms with E-state index in [1.54, 1.807) is 19.9 Å². The van der Waals surface area contributed by atoms with Gasteiger partial charge in [-0.15, -0.1) is 0 Å². The molecule has 1 aromatic rings. The molecule has 0 bridgehead atoms. The Hall–Kier alpha value is -3.17. The summed E-state index contributed by atoms with van der Waals surface area (Å²) in [7, 11) is 0. The van der Waals surface area contributed by atoms with Gasteiger partial charge in [0.15, 0.2) is 11.9 Å². The standard InChI is InChI=1S/C18H23N3O7/c1-11(2)27-16(22)10-14-17(23)19-8-9-20(14)18(24)12(3)28-15-7-5-4-6-13(15)21(25)26/h4-7,11-12,14H,8-10H2,1-3H3,(H,19,23)/t12-,14+/m0/s1. The Morgan fingerprint density at radius 3 is 2.64 bits per heavy atom. The number of nitro groups is 1. The van der Waals surface area contributed by atoms with Gasteiger partial charge in [-0.1, -0.05) is 12.1 Å². The Bertz CT molecular complexity index is 765. The molecule has 1 heterocycles. The second-order valence-corrected chi connectivity index (χ2v) is 6.57. The molecular weight excluding hydrogens is 370 g/mol. The third-order valence-electron chi connectivity index (χ3n) is 4.05. The van der Waals surface area contributed by atoms with Crippen LogP contribution in [0.1, 0.15) is 27.2 Å². The van der Waals surface area contributed by atoms with Crippen molar-refractivity contribution in [3.05, 3.63) is 34.4 Å². The van der Waals surface area contributed by atoms with Crippen molar-refractivity contribution in [3.8, 4) is 5.75 Å². The summed E-state index contributed by atoms with van der Waals surface area (Å²) in [5.41, 5.74) is -0.268. The van der Waals surface area contributed by atoms with Crippen LogP contribution in [0.3, 0.4) is 0 Å². The SMILES string of the molecule is CC(C)OC(=O)C[C@@H]1C(=O)NCCN1C(=O)[C@H](C)Oc1ccccc1[N+](=O)[O-]. The molecular formula is C18H23N3O7. The molecule has 28 heavy (non-hydrogen) atoms. The molecule has 2 atom stereocenters. The van der Waals surface area contributed by atoms with Gasteiger partial charge in [-0.3, -0.25) is 24.5 Å². The van der Waals surface area contributed by atoms with Crippen molar-refractivity contribution in [1.82, 2.24) is 10.2 Å². The van der Waals surface area contributed by atoms with E-state index in [0.717, 1.165) is 0 Å². The van der Waals surface area contributed by atoms with Crippen LogP contribution in [-0.2, 0) is 19.1 Å². The lowest BCUT2D eigenvalue weighted by molar-refractivity contribution is -0.386. The van der Waals surface area contributed by atoms with Gasteiger partial charge in [0.25, 0.3) is 5.91 Å². The molecule has 0 spiro atoms. The quantitative estimate of drug-likeness (QED) is 0.416. The predicted octanol–water partition coefficient (Wildman–Crippen LogP) is 1.03. The Kier molecular flexibility index (Phi) is 6.91. The highest BCUT2D eigenvalue weighted by molar-refractivity contribution is 5.93. The molecule has 1 N–H and O–H groups in total. The zero-order valence-electron chi connectivity index (χ0n) is 15.9. The molecule has 1 aromatic carbocycles. The number of piperazine rings is 1. The average Bonchev–Trinajstić information content (AvgIpc) is 2.62. The largest absolute Gasteiger partial charge is 0.474 e. The first-order valence-corrected chi connectivity index (χ1v) is 8.88. The van der Waals surface area contributed by atoms with Crippen LogP contribution in [0.15, 0.2) is 24.3 Å². The summed E-state index contributed by atoms with van der Waals surface area (Å²) in [4.78, 5) is 48.8. The molecule has 1 aliphatic heterocycles. The number of carbonyl (C=O) groups is 3. The van der Waals surface area contributed by atoms with E-state index in [4.69, 9.17) is 9.47 Å². The molecule has 0 unspecified atom stereocenters. The van der Waals surface area contributed by atoms with Gasteiger partial charge in [-0.25, -0.2) is 0 Å². The highest BCUT2D eigenvalue weighted by atomic mass is 16.6. The number of benzene rings is 1. The number of hydrogen-bond acceptors (Lipinski definition) is 7. The molecule has 1 aliphatic rings. The van der Waals surface area contributed by atoms with Crippen molar-refractivity contribution in [1.29, 1.82) is 0 Å². The smallest absolute Gasteiger partial charge is 0.310 e. The van der Waals surface area contributed by atoms with E-state index in [2.05, 4.69) is 5.32 Å². The highest BCUT2D eigenvalue weighted by Crippen LogP contribution is 2.27. The highest BCUT2D eigenvalue weighted by Gasteiger charge is 2.38. The van der Waals surface area contributed by atoms with Crippen LogP contribution < -0.4 is 10.1 Å². The molecule has 0 radical (unpaired) electrons. The first-order valence-electron chi connectivity index (χ1n) is 8.88. The molecule has 10 heteroatoms. The summed E-state index contributed by atoms with van der Waals surface area (Å²) in [6, 6.07) is 4.68. The first kappa shape index (κ1) is 21.1. The van der Waals surface area contributed by atoms with Crippen LogP contribution in [0.25, 0.3) is 0 Å². The number of esters is 1. The maximum Gasteiger partial charge on any atom is 0.310 e. The minimum Gasteiger partial charge on any atom is -0.474 e. The molecule has 152 valence electrons. The van der Waals surface area contributed by atoms with E-state index in [1.165, 1.54) is 30.0 Å². The van der Waals surface area contributed by atoms with Gasteiger partial charge < -0.3 is 19.7 Å². The van der Waals surface area contributed by atoms with Gasteiger partial charge in [0, 0.05) is 19.2 Å². The monoisotopic (exact) mass is 393 g/mol. The first-order chi connectivity index (χ1) is 13.2. The number of nitrogens with zero attached hydrogens (tertiary/aromatic N) is 2. The van der Waals surface area contributed by atoms with Crippen molar-refractivity contribution in [2.75, 3.05) is 13.1 Å². The lowest BCUT2D eigenvalue weighted by Crippen LogP contribution is -2.60. The summed E-state index contributed by atoms with van der Waals surface area (Å²) in [5.74, 6) is -1.65. The second kappa shape index (κ2) is 9.16. The number of nitrogens with one attached hydrogen (secondary N) is 1. The average molecular weight is 393 g/mol. The number of carbonyl (C=O) groups excluding carboxylic acids is 3. The van der Waals surface area contributed by atoms with Gasteiger partial charge >= 0.3 is 11.7 Å². The van der Waals surface area contributed by atoms with E-state index in [9.17, 15) is 24.5 Å². The molecule has 0 aromatic heterocycles. The fourth-order valence-electron chi connectivity index (χ4n) is 2.83. The van der Waals surface area contributed by atoms with Gasteiger partial charge in [0.05, 0.1) is 17.4 Å². The van der Waals surface area contributed by atoms with Crippen molar-refractivity contribution in [3.63, 3.8) is 0 Å². The number of amides is 2.